The van der Waals surface area contributed by atoms with Crippen molar-refractivity contribution in [2.45, 2.75) is 25.3 Å². The van der Waals surface area contributed by atoms with Crippen LogP contribution in [0.3, 0.4) is 0 Å². The van der Waals surface area contributed by atoms with E-state index in [1.165, 1.54) is 16.7 Å². The molecule has 1 N–H and O–H groups in total. The minimum absolute atomic E-state index is 0.195. The van der Waals surface area contributed by atoms with Crippen LogP contribution in [0.5, 0.6) is 0 Å². The second kappa shape index (κ2) is 4.21. The highest BCUT2D eigenvalue weighted by Crippen LogP contribution is 2.36. The molecular weight excluding hydrogens is 220 g/mol. The minimum atomic E-state index is 0.195. The summed E-state index contributed by atoms with van der Waals surface area (Å²) in [5.74, 6) is 0. The highest BCUT2D eigenvalue weighted by atomic mass is 14.9. The van der Waals surface area contributed by atoms with Crippen molar-refractivity contribution in [2.24, 2.45) is 0 Å². The molecule has 18 heavy (non-hydrogen) atoms. The van der Waals surface area contributed by atoms with Crippen LogP contribution in [0, 0.1) is 0 Å². The minimum Gasteiger partial charge on any atom is -0.305 e. The topological polar surface area (TPSA) is 24.9 Å². The first-order chi connectivity index (χ1) is 8.68. The molecule has 1 aliphatic heterocycles. The van der Waals surface area contributed by atoms with Crippen molar-refractivity contribution in [3.8, 4) is 0 Å². The molecule has 0 saturated heterocycles. The van der Waals surface area contributed by atoms with Crippen molar-refractivity contribution in [3.05, 3.63) is 65.5 Å². The van der Waals surface area contributed by atoms with E-state index in [-0.39, 0.29) is 11.5 Å². The standard InChI is InChI=1S/C16H18N2/c1-16(2)11-18-15(12-7-9-17-10-8-12)13-5-3-4-6-14(13)16/h3-10,15,18H,11H2,1-2H3/t15-/m1/s1. The van der Waals surface area contributed by atoms with Crippen LogP contribution in [-0.2, 0) is 5.41 Å². The zero-order valence-electron chi connectivity index (χ0n) is 10.9. The molecule has 1 atom stereocenters. The third-order valence-corrected chi connectivity index (χ3v) is 3.79. The summed E-state index contributed by atoms with van der Waals surface area (Å²) in [5, 5.41) is 3.65. The van der Waals surface area contributed by atoms with Gasteiger partial charge in [0.1, 0.15) is 0 Å². The van der Waals surface area contributed by atoms with Crippen molar-refractivity contribution in [3.63, 3.8) is 0 Å². The molecule has 3 rings (SSSR count). The van der Waals surface area contributed by atoms with Crippen molar-refractivity contribution in [2.75, 3.05) is 6.54 Å². The van der Waals surface area contributed by atoms with Gasteiger partial charge < -0.3 is 5.32 Å². The normalized spacial score (nSPS) is 21.3. The van der Waals surface area contributed by atoms with Gasteiger partial charge in [-0.1, -0.05) is 38.1 Å². The number of hydrogen-bond donors (Lipinski definition) is 1. The number of benzene rings is 1. The Hall–Kier alpha value is -1.67. The molecule has 0 radical (unpaired) electrons. The van der Waals surface area contributed by atoms with E-state index in [4.69, 9.17) is 0 Å². The average Bonchev–Trinajstić information content (AvgIpc) is 2.40. The maximum absolute atomic E-state index is 4.10. The second-order valence-corrected chi connectivity index (χ2v) is 5.57. The number of aromatic nitrogens is 1. The maximum Gasteiger partial charge on any atom is 0.0581 e. The van der Waals surface area contributed by atoms with Crippen LogP contribution in [0.25, 0.3) is 0 Å². The number of rotatable bonds is 1. The first kappa shape index (κ1) is 11.4. The fourth-order valence-electron chi connectivity index (χ4n) is 2.78. The molecule has 0 spiro atoms. The highest BCUT2D eigenvalue weighted by molar-refractivity contribution is 5.43. The van der Waals surface area contributed by atoms with Gasteiger partial charge in [-0.2, -0.15) is 0 Å². The Morgan fingerprint density at radius 1 is 1.11 bits per heavy atom. The van der Waals surface area contributed by atoms with E-state index in [2.05, 4.69) is 60.5 Å². The Morgan fingerprint density at radius 3 is 2.61 bits per heavy atom. The van der Waals surface area contributed by atoms with Crippen LogP contribution in [0.15, 0.2) is 48.8 Å². The van der Waals surface area contributed by atoms with Crippen molar-refractivity contribution in [1.29, 1.82) is 0 Å². The monoisotopic (exact) mass is 238 g/mol. The molecule has 0 unspecified atom stereocenters. The van der Waals surface area contributed by atoms with Gasteiger partial charge in [0, 0.05) is 24.4 Å². The summed E-state index contributed by atoms with van der Waals surface area (Å²) in [6.45, 7) is 5.58. The predicted octanol–water partition coefficient (Wildman–Crippen LogP) is 3.05. The molecule has 92 valence electrons. The molecule has 0 saturated carbocycles. The van der Waals surface area contributed by atoms with Crippen LogP contribution in [0.4, 0.5) is 0 Å². The molecular formula is C16H18N2. The zero-order valence-corrected chi connectivity index (χ0v) is 10.9. The fraction of sp³-hybridized carbons (Fsp3) is 0.312. The van der Waals surface area contributed by atoms with Crippen molar-refractivity contribution < 1.29 is 0 Å². The lowest BCUT2D eigenvalue weighted by atomic mass is 9.75. The fourth-order valence-corrected chi connectivity index (χ4v) is 2.78. The first-order valence-electron chi connectivity index (χ1n) is 6.41. The van der Waals surface area contributed by atoms with Gasteiger partial charge in [0.25, 0.3) is 0 Å². The lowest BCUT2D eigenvalue weighted by Crippen LogP contribution is -2.42. The van der Waals surface area contributed by atoms with Crippen molar-refractivity contribution in [1.82, 2.24) is 10.3 Å². The Balaban J connectivity index is 2.11. The van der Waals surface area contributed by atoms with Gasteiger partial charge in [-0.05, 0) is 28.8 Å². The number of fused-ring (bicyclic) bond motifs is 1. The molecule has 1 aromatic carbocycles. The van der Waals surface area contributed by atoms with Crippen LogP contribution in [-0.4, -0.2) is 11.5 Å². The molecule has 2 aromatic rings. The summed E-state index contributed by atoms with van der Waals surface area (Å²) in [6, 6.07) is 13.2. The molecule has 0 amide bonds. The average molecular weight is 238 g/mol. The van der Waals surface area contributed by atoms with Gasteiger partial charge in [-0.15, -0.1) is 0 Å². The Kier molecular flexibility index (Phi) is 2.67. The predicted molar refractivity (Wildman–Crippen MR) is 73.6 cm³/mol. The van der Waals surface area contributed by atoms with Crippen molar-refractivity contribution >= 4 is 0 Å². The summed E-state index contributed by atoms with van der Waals surface area (Å²) >= 11 is 0. The van der Waals surface area contributed by atoms with Gasteiger partial charge in [-0.3, -0.25) is 4.98 Å². The van der Waals surface area contributed by atoms with E-state index in [1.807, 2.05) is 12.4 Å². The summed E-state index contributed by atoms with van der Waals surface area (Å²) in [7, 11) is 0. The lowest BCUT2D eigenvalue weighted by molar-refractivity contribution is 0.407. The van der Waals surface area contributed by atoms with Crippen LogP contribution < -0.4 is 5.32 Å². The summed E-state index contributed by atoms with van der Waals surface area (Å²) in [4.78, 5) is 4.10. The summed E-state index contributed by atoms with van der Waals surface area (Å²) < 4.78 is 0. The van der Waals surface area contributed by atoms with E-state index < -0.39 is 0 Å². The zero-order chi connectivity index (χ0) is 12.6. The van der Waals surface area contributed by atoms with Crippen LogP contribution >= 0.6 is 0 Å². The molecule has 0 fully saturated rings. The van der Waals surface area contributed by atoms with Gasteiger partial charge in [0.15, 0.2) is 0 Å². The van der Waals surface area contributed by atoms with Gasteiger partial charge in [-0.25, -0.2) is 0 Å². The van der Waals surface area contributed by atoms with Crippen LogP contribution in [0.1, 0.15) is 36.6 Å². The molecule has 2 nitrogen and oxygen atoms in total. The Labute approximate surface area is 108 Å². The molecule has 2 heterocycles. The largest absolute Gasteiger partial charge is 0.305 e. The second-order valence-electron chi connectivity index (χ2n) is 5.57. The quantitative estimate of drug-likeness (QED) is 0.826. The first-order valence-corrected chi connectivity index (χ1v) is 6.41. The number of hydrogen-bond acceptors (Lipinski definition) is 2. The van der Waals surface area contributed by atoms with Gasteiger partial charge in [0.2, 0.25) is 0 Å². The lowest BCUT2D eigenvalue weighted by Gasteiger charge is -2.38. The number of pyridine rings is 1. The van der Waals surface area contributed by atoms with E-state index in [9.17, 15) is 0 Å². The number of nitrogens with zero attached hydrogens (tertiary/aromatic N) is 1. The van der Waals surface area contributed by atoms with E-state index in [1.54, 1.807) is 0 Å². The molecule has 1 aromatic heterocycles. The number of nitrogens with one attached hydrogen (secondary N) is 1. The molecule has 0 bridgehead atoms. The SMILES string of the molecule is CC1(C)CN[C@H](c2ccncc2)c2ccccc21. The van der Waals surface area contributed by atoms with Gasteiger partial charge in [0.05, 0.1) is 6.04 Å². The highest BCUT2D eigenvalue weighted by Gasteiger charge is 2.32. The molecule has 0 aliphatic carbocycles. The van der Waals surface area contributed by atoms with Gasteiger partial charge >= 0.3 is 0 Å². The smallest absolute Gasteiger partial charge is 0.0581 e. The van der Waals surface area contributed by atoms with E-state index in [0.29, 0.717) is 0 Å². The summed E-state index contributed by atoms with van der Waals surface area (Å²) in [5.41, 5.74) is 4.32. The molecule has 1 aliphatic rings. The van der Waals surface area contributed by atoms with Crippen LogP contribution in [0.2, 0.25) is 0 Å². The molecule has 2 heteroatoms. The Morgan fingerprint density at radius 2 is 1.83 bits per heavy atom. The third kappa shape index (κ3) is 1.83. The van der Waals surface area contributed by atoms with E-state index >= 15 is 0 Å². The maximum atomic E-state index is 4.10. The van der Waals surface area contributed by atoms with E-state index in [0.717, 1.165) is 6.54 Å². The third-order valence-electron chi connectivity index (χ3n) is 3.79. The Bertz CT molecular complexity index is 546. The summed E-state index contributed by atoms with van der Waals surface area (Å²) in [6.07, 6.45) is 3.72.